The van der Waals surface area contributed by atoms with Crippen molar-refractivity contribution in [2.24, 2.45) is 0 Å². The van der Waals surface area contributed by atoms with Gasteiger partial charge in [0.1, 0.15) is 11.6 Å². The summed E-state index contributed by atoms with van der Waals surface area (Å²) in [6, 6.07) is 12.8. The number of carbonyl (C=O) groups excluding carboxylic acids is 1. The van der Waals surface area contributed by atoms with Crippen LogP contribution in [0.3, 0.4) is 0 Å². The van der Waals surface area contributed by atoms with Crippen LogP contribution >= 0.6 is 0 Å². The van der Waals surface area contributed by atoms with Crippen molar-refractivity contribution in [2.75, 3.05) is 25.5 Å². The molecule has 3 rings (SSSR count). The maximum Gasteiger partial charge on any atom is 0.238 e. The monoisotopic (exact) mass is 370 g/mol. The number of hydrogen-bond acceptors (Lipinski definition) is 3. The molecule has 1 fully saturated rings. The number of carbonyl (C=O) groups is 1. The summed E-state index contributed by atoms with van der Waals surface area (Å²) >= 11 is 0. The van der Waals surface area contributed by atoms with E-state index in [1.807, 2.05) is 19.1 Å². The Balaban J connectivity index is 1.72. The van der Waals surface area contributed by atoms with E-state index in [1.54, 1.807) is 13.2 Å². The zero-order valence-electron chi connectivity index (χ0n) is 16.0. The molecule has 1 N–H and O–H groups in total. The standard InChI is InChI=1S/C22H27FN2O2/c1-16-7-10-18(23)14-20(16)24-22(26)15-25-13-5-3-4-6-21(25)17-8-11-19(27-2)12-9-17/h7-12,14,21H,3-6,13,15H2,1-2H3,(H,24,26). The van der Waals surface area contributed by atoms with Crippen molar-refractivity contribution >= 4 is 11.6 Å². The number of halogens is 1. The van der Waals surface area contributed by atoms with Gasteiger partial charge in [-0.1, -0.05) is 31.0 Å². The van der Waals surface area contributed by atoms with Crippen molar-refractivity contribution in [1.82, 2.24) is 4.90 Å². The fourth-order valence-electron chi connectivity index (χ4n) is 3.66. The lowest BCUT2D eigenvalue weighted by molar-refractivity contribution is -0.117. The van der Waals surface area contributed by atoms with Crippen LogP contribution in [0.4, 0.5) is 10.1 Å². The number of anilines is 1. The van der Waals surface area contributed by atoms with E-state index in [9.17, 15) is 9.18 Å². The molecular weight excluding hydrogens is 343 g/mol. The number of benzene rings is 2. The molecule has 1 saturated heterocycles. The third kappa shape index (κ3) is 5.07. The highest BCUT2D eigenvalue weighted by Gasteiger charge is 2.24. The Bertz CT molecular complexity index is 776. The number of rotatable bonds is 5. The quantitative estimate of drug-likeness (QED) is 0.830. The average molecular weight is 370 g/mol. The molecule has 1 aliphatic heterocycles. The second-order valence-electron chi connectivity index (χ2n) is 7.12. The van der Waals surface area contributed by atoms with Crippen LogP contribution in [-0.4, -0.2) is 31.0 Å². The molecule has 27 heavy (non-hydrogen) atoms. The summed E-state index contributed by atoms with van der Waals surface area (Å²) < 4.78 is 18.7. The first-order chi connectivity index (χ1) is 13.1. The number of methoxy groups -OCH3 is 1. The fraction of sp³-hybridized carbons (Fsp3) is 0.409. The smallest absolute Gasteiger partial charge is 0.238 e. The molecule has 0 bridgehead atoms. The molecule has 5 heteroatoms. The Morgan fingerprint density at radius 2 is 1.96 bits per heavy atom. The largest absolute Gasteiger partial charge is 0.497 e. The number of aryl methyl sites for hydroxylation is 1. The molecule has 0 aromatic heterocycles. The maximum absolute atomic E-state index is 13.5. The van der Waals surface area contributed by atoms with Gasteiger partial charge in [-0.2, -0.15) is 0 Å². The van der Waals surface area contributed by atoms with Crippen LogP contribution in [0, 0.1) is 12.7 Å². The van der Waals surface area contributed by atoms with E-state index in [0.29, 0.717) is 12.2 Å². The van der Waals surface area contributed by atoms with E-state index in [1.165, 1.54) is 24.1 Å². The summed E-state index contributed by atoms with van der Waals surface area (Å²) in [7, 11) is 1.66. The van der Waals surface area contributed by atoms with Gasteiger partial charge in [-0.25, -0.2) is 4.39 Å². The van der Waals surface area contributed by atoms with E-state index in [-0.39, 0.29) is 17.8 Å². The highest BCUT2D eigenvalue weighted by molar-refractivity contribution is 5.93. The van der Waals surface area contributed by atoms with Crippen LogP contribution in [0.25, 0.3) is 0 Å². The van der Waals surface area contributed by atoms with E-state index in [2.05, 4.69) is 22.3 Å². The zero-order chi connectivity index (χ0) is 19.2. The van der Waals surface area contributed by atoms with Gasteiger partial charge < -0.3 is 10.1 Å². The molecule has 1 heterocycles. The summed E-state index contributed by atoms with van der Waals surface area (Å²) in [6.45, 7) is 3.04. The first kappa shape index (κ1) is 19.4. The second-order valence-corrected chi connectivity index (χ2v) is 7.12. The predicted molar refractivity (Wildman–Crippen MR) is 106 cm³/mol. The average Bonchev–Trinajstić information content (AvgIpc) is 2.90. The maximum atomic E-state index is 13.5. The van der Waals surface area contributed by atoms with Gasteiger partial charge in [-0.15, -0.1) is 0 Å². The molecule has 1 aliphatic rings. The van der Waals surface area contributed by atoms with Gasteiger partial charge in [0, 0.05) is 11.7 Å². The Morgan fingerprint density at radius 3 is 2.70 bits per heavy atom. The minimum Gasteiger partial charge on any atom is -0.497 e. The molecule has 1 amide bonds. The molecule has 0 radical (unpaired) electrons. The summed E-state index contributed by atoms with van der Waals surface area (Å²) in [5.41, 5.74) is 2.59. The number of nitrogens with one attached hydrogen (secondary N) is 1. The van der Waals surface area contributed by atoms with Crippen LogP contribution in [0.5, 0.6) is 5.75 Å². The molecule has 144 valence electrons. The van der Waals surface area contributed by atoms with E-state index in [4.69, 9.17) is 4.74 Å². The summed E-state index contributed by atoms with van der Waals surface area (Å²) in [5, 5.41) is 2.87. The molecule has 2 aromatic rings. The van der Waals surface area contributed by atoms with Crippen molar-refractivity contribution in [2.45, 2.75) is 38.6 Å². The van der Waals surface area contributed by atoms with Crippen LogP contribution in [0.1, 0.15) is 42.9 Å². The van der Waals surface area contributed by atoms with Crippen LogP contribution in [0.2, 0.25) is 0 Å². The van der Waals surface area contributed by atoms with Crippen molar-refractivity contribution < 1.29 is 13.9 Å². The molecule has 1 unspecified atom stereocenters. The predicted octanol–water partition coefficient (Wildman–Crippen LogP) is 4.70. The Morgan fingerprint density at radius 1 is 1.19 bits per heavy atom. The van der Waals surface area contributed by atoms with Crippen molar-refractivity contribution in [3.05, 3.63) is 59.4 Å². The molecule has 2 aromatic carbocycles. The van der Waals surface area contributed by atoms with Gasteiger partial charge in [-0.3, -0.25) is 9.69 Å². The summed E-state index contributed by atoms with van der Waals surface area (Å²) in [5.74, 6) is 0.379. The van der Waals surface area contributed by atoms with Crippen LogP contribution < -0.4 is 10.1 Å². The summed E-state index contributed by atoms with van der Waals surface area (Å²) in [4.78, 5) is 14.9. The highest BCUT2D eigenvalue weighted by Crippen LogP contribution is 2.31. The number of hydrogen-bond donors (Lipinski definition) is 1. The molecule has 0 spiro atoms. The minimum absolute atomic E-state index is 0.107. The first-order valence-electron chi connectivity index (χ1n) is 9.51. The summed E-state index contributed by atoms with van der Waals surface area (Å²) in [6.07, 6.45) is 4.43. The number of ether oxygens (including phenoxy) is 1. The Kier molecular flexibility index (Phi) is 6.45. The number of amides is 1. The second kappa shape index (κ2) is 9.00. The van der Waals surface area contributed by atoms with Gasteiger partial charge >= 0.3 is 0 Å². The lowest BCUT2D eigenvalue weighted by Crippen LogP contribution is -2.36. The molecule has 4 nitrogen and oxygen atoms in total. The van der Waals surface area contributed by atoms with E-state index < -0.39 is 0 Å². The minimum atomic E-state index is -0.346. The zero-order valence-corrected chi connectivity index (χ0v) is 16.0. The van der Waals surface area contributed by atoms with Gasteiger partial charge in [-0.05, 0) is 61.7 Å². The normalized spacial score (nSPS) is 18.0. The van der Waals surface area contributed by atoms with Crippen molar-refractivity contribution in [1.29, 1.82) is 0 Å². The van der Waals surface area contributed by atoms with Crippen LogP contribution in [0.15, 0.2) is 42.5 Å². The topological polar surface area (TPSA) is 41.6 Å². The molecule has 0 aliphatic carbocycles. The van der Waals surface area contributed by atoms with Crippen LogP contribution in [-0.2, 0) is 4.79 Å². The fourth-order valence-corrected chi connectivity index (χ4v) is 3.66. The Hall–Kier alpha value is -2.40. The number of likely N-dealkylation sites (tertiary alicyclic amines) is 1. The van der Waals surface area contributed by atoms with Gasteiger partial charge in [0.2, 0.25) is 5.91 Å². The van der Waals surface area contributed by atoms with Gasteiger partial charge in [0.05, 0.1) is 13.7 Å². The van der Waals surface area contributed by atoms with E-state index in [0.717, 1.165) is 37.1 Å². The van der Waals surface area contributed by atoms with Crippen molar-refractivity contribution in [3.63, 3.8) is 0 Å². The molecular formula is C22H27FN2O2. The van der Waals surface area contributed by atoms with E-state index >= 15 is 0 Å². The molecule has 1 atom stereocenters. The highest BCUT2D eigenvalue weighted by atomic mass is 19.1. The first-order valence-corrected chi connectivity index (χ1v) is 9.51. The number of nitrogens with zero attached hydrogens (tertiary/aromatic N) is 1. The van der Waals surface area contributed by atoms with Gasteiger partial charge in [0.15, 0.2) is 0 Å². The van der Waals surface area contributed by atoms with Crippen molar-refractivity contribution in [3.8, 4) is 5.75 Å². The lowest BCUT2D eigenvalue weighted by atomic mass is 10.0. The Labute approximate surface area is 160 Å². The SMILES string of the molecule is COc1ccc(C2CCCCCN2CC(=O)Nc2cc(F)ccc2C)cc1. The third-order valence-electron chi connectivity index (χ3n) is 5.18. The third-order valence-corrected chi connectivity index (χ3v) is 5.18. The molecule has 0 saturated carbocycles. The van der Waals surface area contributed by atoms with Gasteiger partial charge in [0.25, 0.3) is 0 Å². The lowest BCUT2D eigenvalue weighted by Gasteiger charge is -2.30.